The largest absolute Gasteiger partial charge is 0.353 e. The van der Waals surface area contributed by atoms with Gasteiger partial charge in [-0.05, 0) is 48.6 Å². The highest BCUT2D eigenvalue weighted by Crippen LogP contribution is 2.26. The second-order valence-electron chi connectivity index (χ2n) is 9.07. The van der Waals surface area contributed by atoms with Crippen LogP contribution >= 0.6 is 0 Å². The first kappa shape index (κ1) is 22.3. The van der Waals surface area contributed by atoms with Gasteiger partial charge >= 0.3 is 0 Å². The number of carbonyl (C=O) groups is 3. The molecule has 0 atom stereocenters. The van der Waals surface area contributed by atoms with Crippen molar-refractivity contribution in [3.8, 4) is 0 Å². The summed E-state index contributed by atoms with van der Waals surface area (Å²) in [6.45, 7) is 1.74. The number of likely N-dealkylation sites (tertiary alicyclic amines) is 1. The molecule has 0 spiro atoms. The van der Waals surface area contributed by atoms with Gasteiger partial charge in [-0.3, -0.25) is 14.4 Å². The van der Waals surface area contributed by atoms with Gasteiger partial charge in [-0.25, -0.2) is 0 Å². The lowest BCUT2D eigenvalue weighted by molar-refractivity contribution is -0.137. The maximum Gasteiger partial charge on any atom is 0.251 e. The second-order valence-corrected chi connectivity index (χ2v) is 9.07. The number of amides is 3. The molecule has 2 aromatic carbocycles. The van der Waals surface area contributed by atoms with Gasteiger partial charge in [0.2, 0.25) is 11.8 Å². The molecule has 2 aromatic rings. The van der Waals surface area contributed by atoms with Crippen molar-refractivity contribution in [2.45, 2.75) is 57.4 Å². The zero-order valence-electron chi connectivity index (χ0n) is 18.6. The number of nitrogens with one attached hydrogen (secondary N) is 2. The first-order valence-electron chi connectivity index (χ1n) is 12.0. The van der Waals surface area contributed by atoms with Gasteiger partial charge in [0.1, 0.15) is 0 Å². The molecule has 1 saturated heterocycles. The maximum absolute atomic E-state index is 12.7. The van der Waals surface area contributed by atoms with Crippen molar-refractivity contribution in [3.63, 3.8) is 0 Å². The Labute approximate surface area is 189 Å². The number of rotatable bonds is 6. The highest BCUT2D eigenvalue weighted by atomic mass is 16.2. The third-order valence-electron chi connectivity index (χ3n) is 6.78. The van der Waals surface area contributed by atoms with Crippen LogP contribution in [0.15, 0.2) is 42.5 Å². The number of hydrogen-bond acceptors (Lipinski definition) is 3. The van der Waals surface area contributed by atoms with Crippen LogP contribution in [-0.2, 0) is 9.59 Å². The molecular formula is C26H33N3O3. The van der Waals surface area contributed by atoms with Crippen LogP contribution in [0.1, 0.15) is 61.7 Å². The Morgan fingerprint density at radius 1 is 0.875 bits per heavy atom. The Balaban J connectivity index is 1.16. The number of hydrogen-bond donors (Lipinski definition) is 2. The molecule has 3 amide bonds. The van der Waals surface area contributed by atoms with Crippen LogP contribution in [0.4, 0.5) is 0 Å². The molecule has 32 heavy (non-hydrogen) atoms. The molecule has 2 aliphatic rings. The van der Waals surface area contributed by atoms with Gasteiger partial charge in [0, 0.05) is 43.6 Å². The molecule has 1 heterocycles. The Morgan fingerprint density at radius 3 is 2.34 bits per heavy atom. The Morgan fingerprint density at radius 2 is 1.59 bits per heavy atom. The zero-order valence-corrected chi connectivity index (χ0v) is 18.6. The van der Waals surface area contributed by atoms with Gasteiger partial charge in [0.15, 0.2) is 0 Å². The van der Waals surface area contributed by atoms with Crippen molar-refractivity contribution in [2.75, 3.05) is 19.6 Å². The van der Waals surface area contributed by atoms with Crippen molar-refractivity contribution in [1.82, 2.24) is 15.5 Å². The molecule has 4 rings (SSSR count). The topological polar surface area (TPSA) is 78.5 Å². The number of piperidine rings is 1. The Bertz CT molecular complexity index is 960. The fraction of sp³-hybridized carbons (Fsp3) is 0.500. The highest BCUT2D eigenvalue weighted by molar-refractivity contribution is 5.98. The van der Waals surface area contributed by atoms with Crippen LogP contribution in [-0.4, -0.2) is 48.3 Å². The Kier molecular flexibility index (Phi) is 7.40. The molecule has 1 aliphatic carbocycles. The first-order chi connectivity index (χ1) is 15.6. The smallest absolute Gasteiger partial charge is 0.251 e. The van der Waals surface area contributed by atoms with E-state index in [4.69, 9.17) is 0 Å². The zero-order chi connectivity index (χ0) is 22.3. The minimum atomic E-state index is -0.168. The lowest BCUT2D eigenvalue weighted by Gasteiger charge is -2.35. The van der Waals surface area contributed by atoms with Crippen LogP contribution in [0.2, 0.25) is 0 Å². The van der Waals surface area contributed by atoms with E-state index in [0.717, 1.165) is 49.5 Å². The summed E-state index contributed by atoms with van der Waals surface area (Å²) in [4.78, 5) is 39.4. The lowest BCUT2D eigenvalue weighted by atomic mass is 9.87. The summed E-state index contributed by atoms with van der Waals surface area (Å²) in [5, 5.41) is 8.02. The molecule has 0 radical (unpaired) electrons. The minimum absolute atomic E-state index is 0.0548. The summed E-state index contributed by atoms with van der Waals surface area (Å²) in [7, 11) is 0. The quantitative estimate of drug-likeness (QED) is 0.727. The monoisotopic (exact) mass is 435 g/mol. The summed E-state index contributed by atoms with van der Waals surface area (Å²) < 4.78 is 0. The second kappa shape index (κ2) is 10.6. The molecule has 2 fully saturated rings. The molecule has 1 aliphatic heterocycles. The maximum atomic E-state index is 12.7. The van der Waals surface area contributed by atoms with E-state index in [1.54, 1.807) is 6.07 Å². The number of benzene rings is 2. The molecule has 0 aromatic heterocycles. The fourth-order valence-corrected chi connectivity index (χ4v) is 4.87. The number of carbonyl (C=O) groups excluding carboxylic acids is 3. The van der Waals surface area contributed by atoms with E-state index in [-0.39, 0.29) is 30.2 Å². The van der Waals surface area contributed by atoms with E-state index in [0.29, 0.717) is 18.0 Å². The van der Waals surface area contributed by atoms with Gasteiger partial charge in [-0.15, -0.1) is 0 Å². The molecular weight excluding hydrogens is 402 g/mol. The summed E-state index contributed by atoms with van der Waals surface area (Å²) in [6, 6.07) is 13.6. The highest BCUT2D eigenvalue weighted by Gasteiger charge is 2.29. The van der Waals surface area contributed by atoms with Crippen LogP contribution in [0, 0.1) is 5.92 Å². The Hall–Kier alpha value is -2.89. The van der Waals surface area contributed by atoms with Crippen molar-refractivity contribution >= 4 is 28.5 Å². The molecule has 0 unspecified atom stereocenters. The average Bonchev–Trinajstić information content (AvgIpc) is 2.84. The van der Waals surface area contributed by atoms with Gasteiger partial charge in [0.05, 0.1) is 0 Å². The summed E-state index contributed by atoms with van der Waals surface area (Å²) in [5.74, 6) is 0.297. The SMILES string of the molecule is O=C(CCNC(=O)c1ccc2ccccc2c1)NC1CCN(C(=O)C2CCCCC2)CC1. The molecule has 0 bridgehead atoms. The van der Waals surface area contributed by atoms with Crippen molar-refractivity contribution < 1.29 is 14.4 Å². The van der Waals surface area contributed by atoms with Crippen molar-refractivity contribution in [2.24, 2.45) is 5.92 Å². The van der Waals surface area contributed by atoms with Gasteiger partial charge in [0.25, 0.3) is 5.91 Å². The predicted octanol–water partition coefficient (Wildman–Crippen LogP) is 3.65. The molecule has 2 N–H and O–H groups in total. The summed E-state index contributed by atoms with van der Waals surface area (Å²) >= 11 is 0. The van der Waals surface area contributed by atoms with E-state index in [1.807, 2.05) is 41.3 Å². The van der Waals surface area contributed by atoms with E-state index in [1.165, 1.54) is 19.3 Å². The molecule has 170 valence electrons. The van der Waals surface area contributed by atoms with Gasteiger partial charge in [-0.1, -0.05) is 49.6 Å². The van der Waals surface area contributed by atoms with Crippen LogP contribution in [0.3, 0.4) is 0 Å². The first-order valence-corrected chi connectivity index (χ1v) is 12.0. The van der Waals surface area contributed by atoms with Crippen molar-refractivity contribution in [3.05, 3.63) is 48.0 Å². The van der Waals surface area contributed by atoms with Crippen LogP contribution in [0.25, 0.3) is 10.8 Å². The van der Waals surface area contributed by atoms with E-state index in [2.05, 4.69) is 10.6 Å². The van der Waals surface area contributed by atoms with Crippen molar-refractivity contribution in [1.29, 1.82) is 0 Å². The summed E-state index contributed by atoms with van der Waals surface area (Å²) in [6.07, 6.45) is 7.49. The molecule has 1 saturated carbocycles. The third-order valence-corrected chi connectivity index (χ3v) is 6.78. The lowest BCUT2D eigenvalue weighted by Crippen LogP contribution is -2.48. The van der Waals surface area contributed by atoms with Gasteiger partial charge in [-0.2, -0.15) is 0 Å². The standard InChI is InChI=1S/C26H33N3O3/c30-24(12-15-27-25(31)22-11-10-19-6-4-5-9-21(19)18-22)28-23-13-16-29(17-14-23)26(32)20-7-2-1-3-8-20/h4-6,9-11,18,20,23H,1-3,7-8,12-17H2,(H,27,31)(H,28,30). The predicted molar refractivity (Wildman–Crippen MR) is 125 cm³/mol. The normalized spacial score (nSPS) is 17.8. The molecule has 6 heteroatoms. The third kappa shape index (κ3) is 5.67. The fourth-order valence-electron chi connectivity index (χ4n) is 4.87. The van der Waals surface area contributed by atoms with E-state index in [9.17, 15) is 14.4 Å². The summed E-state index contributed by atoms with van der Waals surface area (Å²) in [5.41, 5.74) is 0.596. The minimum Gasteiger partial charge on any atom is -0.353 e. The van der Waals surface area contributed by atoms with Gasteiger partial charge < -0.3 is 15.5 Å². The number of nitrogens with zero attached hydrogens (tertiary/aromatic N) is 1. The average molecular weight is 436 g/mol. The van der Waals surface area contributed by atoms with Crippen LogP contribution in [0.5, 0.6) is 0 Å². The van der Waals surface area contributed by atoms with Crippen LogP contribution < -0.4 is 10.6 Å². The number of fused-ring (bicyclic) bond motifs is 1. The van der Waals surface area contributed by atoms with E-state index >= 15 is 0 Å². The molecule has 6 nitrogen and oxygen atoms in total. The van der Waals surface area contributed by atoms with E-state index < -0.39 is 0 Å².